The number of cyclic esters (lactones) is 1. The number of hydrogen-bond acceptors (Lipinski definition) is 7. The number of nitrogens with zero attached hydrogens (tertiary/aromatic N) is 2. The van der Waals surface area contributed by atoms with Gasteiger partial charge in [0.25, 0.3) is 5.91 Å². The summed E-state index contributed by atoms with van der Waals surface area (Å²) in [7, 11) is 0. The summed E-state index contributed by atoms with van der Waals surface area (Å²) in [5.41, 5.74) is -0.267. The zero-order valence-corrected chi connectivity index (χ0v) is 24.8. The minimum absolute atomic E-state index is 0.0557. The lowest BCUT2D eigenvalue weighted by Gasteiger charge is -2.36. The van der Waals surface area contributed by atoms with E-state index in [2.05, 4.69) is 5.32 Å². The average Bonchev–Trinajstić information content (AvgIpc) is 3.67. The molecule has 6 rings (SSSR count). The number of para-hydroxylation sites is 1. The van der Waals surface area contributed by atoms with E-state index in [0.717, 1.165) is 0 Å². The van der Waals surface area contributed by atoms with Crippen LogP contribution in [0.15, 0.2) is 78.9 Å². The summed E-state index contributed by atoms with van der Waals surface area (Å²) in [5.74, 6) is -3.72. The van der Waals surface area contributed by atoms with Crippen LogP contribution in [0.2, 0.25) is 5.02 Å². The van der Waals surface area contributed by atoms with Gasteiger partial charge < -0.3 is 29.7 Å². The molecule has 0 radical (unpaired) electrons. The molecular formula is C33H34ClN3O7. The number of esters is 1. The number of carbonyl (C=O) groups is 4. The molecule has 2 N–H and O–H groups in total. The first-order valence-electron chi connectivity index (χ1n) is 14.9. The maximum absolute atomic E-state index is 14.6. The Balaban J connectivity index is 1.43. The number of fused-ring (bicyclic) bond motifs is 2. The zero-order chi connectivity index (χ0) is 30.8. The number of aliphatic hydroxyl groups is 1. The fraction of sp³-hybridized carbons (Fsp3) is 0.394. The summed E-state index contributed by atoms with van der Waals surface area (Å²) in [6.07, 6.45) is 6.35. The highest BCUT2D eigenvalue weighted by molar-refractivity contribution is 6.34. The molecule has 2 fully saturated rings. The van der Waals surface area contributed by atoms with Gasteiger partial charge in [-0.15, -0.1) is 0 Å². The fourth-order valence-corrected chi connectivity index (χ4v) is 6.98. The molecule has 4 heterocycles. The molecule has 1 spiro atoms. The second-order valence-corrected chi connectivity index (χ2v) is 11.8. The first kappa shape index (κ1) is 30.1. The number of carbonyl (C=O) groups excluding carboxylic acids is 4. The molecule has 0 saturated carbocycles. The van der Waals surface area contributed by atoms with Crippen LogP contribution >= 0.6 is 11.6 Å². The molecule has 2 aromatic carbocycles. The van der Waals surface area contributed by atoms with E-state index in [9.17, 15) is 24.3 Å². The Kier molecular flexibility index (Phi) is 8.57. The van der Waals surface area contributed by atoms with E-state index < -0.39 is 53.5 Å². The largest absolute Gasteiger partial charge is 0.455 e. The molecule has 10 nitrogen and oxygen atoms in total. The summed E-state index contributed by atoms with van der Waals surface area (Å²) in [5, 5.41) is 12.9. The number of allylic oxidation sites excluding steroid dienone is 1. The zero-order valence-electron chi connectivity index (χ0n) is 24.0. The lowest BCUT2D eigenvalue weighted by Crippen LogP contribution is -2.56. The van der Waals surface area contributed by atoms with Gasteiger partial charge in [-0.25, -0.2) is 0 Å². The van der Waals surface area contributed by atoms with Crippen molar-refractivity contribution in [2.24, 2.45) is 11.8 Å². The van der Waals surface area contributed by atoms with Gasteiger partial charge in [-0.05, 0) is 30.5 Å². The summed E-state index contributed by atoms with van der Waals surface area (Å²) < 4.78 is 12.5. The normalized spacial score (nSPS) is 31.2. The highest BCUT2D eigenvalue weighted by Gasteiger charge is 2.73. The molecule has 2 saturated heterocycles. The molecule has 44 heavy (non-hydrogen) atoms. The number of nitrogens with one attached hydrogen (secondary N) is 1. The number of hydrogen-bond donors (Lipinski definition) is 2. The summed E-state index contributed by atoms with van der Waals surface area (Å²) in [6, 6.07) is 14.9. The number of amides is 3. The van der Waals surface area contributed by atoms with Crippen molar-refractivity contribution in [3.63, 3.8) is 0 Å². The molecule has 0 aromatic heterocycles. The lowest BCUT2D eigenvalue weighted by atomic mass is 9.74. The Morgan fingerprint density at radius 2 is 1.77 bits per heavy atom. The lowest BCUT2D eigenvalue weighted by molar-refractivity contribution is -0.159. The third kappa shape index (κ3) is 5.31. The van der Waals surface area contributed by atoms with Crippen LogP contribution in [0.5, 0.6) is 0 Å². The quantitative estimate of drug-likeness (QED) is 0.389. The van der Waals surface area contributed by atoms with Gasteiger partial charge in [-0.1, -0.05) is 78.4 Å². The Labute approximate surface area is 260 Å². The number of ether oxygens (including phenoxy) is 2. The van der Waals surface area contributed by atoms with E-state index in [0.29, 0.717) is 22.7 Å². The molecule has 0 aliphatic carbocycles. The van der Waals surface area contributed by atoms with Gasteiger partial charge in [0, 0.05) is 26.1 Å². The van der Waals surface area contributed by atoms with E-state index in [-0.39, 0.29) is 45.0 Å². The molecule has 0 unspecified atom stereocenters. The highest BCUT2D eigenvalue weighted by atomic mass is 35.5. The summed E-state index contributed by atoms with van der Waals surface area (Å²) >= 11 is 6.57. The van der Waals surface area contributed by atoms with Crippen molar-refractivity contribution in [3.05, 3.63) is 89.5 Å². The molecule has 4 aliphatic rings. The summed E-state index contributed by atoms with van der Waals surface area (Å²) in [6.45, 7) is 0.0887. The maximum Gasteiger partial charge on any atom is 0.313 e. The van der Waals surface area contributed by atoms with E-state index >= 15 is 0 Å². The predicted octanol–water partition coefficient (Wildman–Crippen LogP) is 2.96. The van der Waals surface area contributed by atoms with Crippen LogP contribution in [0.4, 0.5) is 5.69 Å². The maximum atomic E-state index is 14.6. The average molecular weight is 620 g/mol. The minimum Gasteiger partial charge on any atom is -0.455 e. The smallest absolute Gasteiger partial charge is 0.313 e. The van der Waals surface area contributed by atoms with Crippen LogP contribution in [0.1, 0.15) is 30.9 Å². The van der Waals surface area contributed by atoms with Crippen molar-refractivity contribution in [2.75, 3.05) is 31.1 Å². The van der Waals surface area contributed by atoms with E-state index in [1.165, 1.54) is 9.80 Å². The first-order valence-corrected chi connectivity index (χ1v) is 15.2. The SMILES string of the molecule is O=C1CC/C=C\CN(c2ccccc2Cl)C(=O)[C@@H]2N(CCCO)C(=O)[C@H]3[C@H](C(=O)O[C@H](c4ccccc4)CN1)[C@@H]1C=C[C@]23O1. The van der Waals surface area contributed by atoms with Crippen molar-refractivity contribution < 1.29 is 33.8 Å². The van der Waals surface area contributed by atoms with Gasteiger partial charge in [0.05, 0.1) is 29.3 Å². The van der Waals surface area contributed by atoms with E-state index in [4.69, 9.17) is 21.1 Å². The molecule has 230 valence electrons. The standard InChI is InChI=1S/C33H34ClN3O7/c34-22-12-6-7-13-23(22)36-17-8-2-5-14-26(39)35-20-25(21-10-3-1-4-11-21)43-32(42)27-24-15-16-33(44-24)28(27)30(40)37(18-9-19-38)29(33)31(36)41/h1-4,6-8,10-13,15-16,24-25,27-29,38H,5,9,14,17-20H2,(H,35,39)/b8-2-/t24-,25-,27+,28+,29-,33+/m0/s1. The monoisotopic (exact) mass is 619 g/mol. The van der Waals surface area contributed by atoms with Crippen molar-refractivity contribution in [1.29, 1.82) is 0 Å². The van der Waals surface area contributed by atoms with Gasteiger partial charge >= 0.3 is 5.97 Å². The van der Waals surface area contributed by atoms with E-state index in [1.54, 1.807) is 42.5 Å². The number of halogens is 1. The van der Waals surface area contributed by atoms with Crippen molar-refractivity contribution >= 4 is 41.0 Å². The van der Waals surface area contributed by atoms with Crippen LogP contribution in [0, 0.1) is 11.8 Å². The molecular weight excluding hydrogens is 586 g/mol. The second kappa shape index (κ2) is 12.6. The van der Waals surface area contributed by atoms with Crippen LogP contribution in [-0.4, -0.2) is 77.7 Å². The minimum atomic E-state index is -1.41. The van der Waals surface area contributed by atoms with Gasteiger partial charge in [0.15, 0.2) is 0 Å². The molecule has 6 atom stereocenters. The van der Waals surface area contributed by atoms with Crippen LogP contribution in [-0.2, 0) is 28.7 Å². The third-order valence-corrected chi connectivity index (χ3v) is 9.07. The fourth-order valence-electron chi connectivity index (χ4n) is 6.74. The van der Waals surface area contributed by atoms with Crippen molar-refractivity contribution in [1.82, 2.24) is 10.2 Å². The third-order valence-electron chi connectivity index (χ3n) is 8.75. The second-order valence-electron chi connectivity index (χ2n) is 11.4. The summed E-state index contributed by atoms with van der Waals surface area (Å²) in [4.78, 5) is 58.4. The Bertz CT molecular complexity index is 1500. The molecule has 5 bridgehead atoms. The molecule has 3 amide bonds. The van der Waals surface area contributed by atoms with Gasteiger partial charge in [0.2, 0.25) is 11.8 Å². The number of likely N-dealkylation sites (tertiary alicyclic amines) is 1. The van der Waals surface area contributed by atoms with Crippen LogP contribution in [0.25, 0.3) is 0 Å². The van der Waals surface area contributed by atoms with Crippen molar-refractivity contribution in [2.45, 2.75) is 43.1 Å². The van der Waals surface area contributed by atoms with Gasteiger partial charge in [0.1, 0.15) is 23.7 Å². The van der Waals surface area contributed by atoms with Crippen molar-refractivity contribution in [3.8, 4) is 0 Å². The number of rotatable bonds is 5. The highest BCUT2D eigenvalue weighted by Crippen LogP contribution is 2.56. The Morgan fingerprint density at radius 1 is 1.00 bits per heavy atom. The van der Waals surface area contributed by atoms with E-state index in [1.807, 2.05) is 36.4 Å². The van der Waals surface area contributed by atoms with Crippen LogP contribution < -0.4 is 10.2 Å². The Hall–Kier alpha value is -3.99. The predicted molar refractivity (Wildman–Crippen MR) is 161 cm³/mol. The van der Waals surface area contributed by atoms with Crippen LogP contribution in [0.3, 0.4) is 0 Å². The number of aliphatic hydroxyl groups excluding tert-OH is 1. The molecule has 4 aliphatic heterocycles. The molecule has 11 heteroatoms. The number of anilines is 1. The molecule has 2 aromatic rings. The van der Waals surface area contributed by atoms with Gasteiger partial charge in [-0.2, -0.15) is 0 Å². The first-order chi connectivity index (χ1) is 21.4. The van der Waals surface area contributed by atoms with Gasteiger partial charge in [-0.3, -0.25) is 19.2 Å². The topological polar surface area (TPSA) is 125 Å². The number of benzene rings is 2. The Morgan fingerprint density at radius 3 is 2.55 bits per heavy atom.